The fourth-order valence-corrected chi connectivity index (χ4v) is 8.17. The molecule has 16 nitrogen and oxygen atoms in total. The zero-order valence-corrected chi connectivity index (χ0v) is 39.6. The maximum Gasteiger partial charge on any atom is 0.338 e. The molecule has 0 fully saturated rings. The van der Waals surface area contributed by atoms with Gasteiger partial charge in [0.2, 0.25) is 0 Å². The van der Waals surface area contributed by atoms with E-state index < -0.39 is 28.1 Å². The SMILES string of the molecule is COC(=O)c1ccnc(-n2nccc2-c2ccc3cn(COCC[Si](C)(C)C)nc3c2)c1.COC(=O)c1ccnc(-n2nccc2-c2ccc3cnn(COCC[Si](C)(C)C)c3c2)c1. The van der Waals surface area contributed by atoms with E-state index in [-0.39, 0.29) is 0 Å². The summed E-state index contributed by atoms with van der Waals surface area (Å²) in [6.45, 7) is 16.4. The van der Waals surface area contributed by atoms with Crippen molar-refractivity contribution in [1.29, 1.82) is 0 Å². The topological polar surface area (TPSA) is 168 Å². The van der Waals surface area contributed by atoms with Crippen molar-refractivity contribution >= 4 is 49.9 Å². The van der Waals surface area contributed by atoms with Gasteiger partial charge in [0.05, 0.1) is 66.4 Å². The Bertz CT molecular complexity index is 2870. The number of fused-ring (bicyclic) bond motifs is 2. The second-order valence-corrected chi connectivity index (χ2v) is 28.8. The van der Waals surface area contributed by atoms with Crippen molar-refractivity contribution in [2.24, 2.45) is 0 Å². The number of aromatic nitrogens is 10. The third-order valence-corrected chi connectivity index (χ3v) is 13.7. The lowest BCUT2D eigenvalue weighted by Gasteiger charge is -2.15. The molecule has 0 atom stereocenters. The zero-order chi connectivity index (χ0) is 45.4. The van der Waals surface area contributed by atoms with E-state index in [1.807, 2.05) is 64.2 Å². The predicted octanol–water partition coefficient (Wildman–Crippen LogP) is 8.77. The highest BCUT2D eigenvalue weighted by molar-refractivity contribution is 6.76. The van der Waals surface area contributed by atoms with Crippen molar-refractivity contribution in [3.63, 3.8) is 0 Å². The number of carbonyl (C=O) groups excluding carboxylic acids is 2. The van der Waals surface area contributed by atoms with E-state index >= 15 is 0 Å². The van der Waals surface area contributed by atoms with Crippen LogP contribution in [-0.4, -0.2) is 105 Å². The molecule has 0 bridgehead atoms. The molecule has 6 aromatic heterocycles. The minimum Gasteiger partial charge on any atom is -0.465 e. The molecule has 0 unspecified atom stereocenters. The van der Waals surface area contributed by atoms with Crippen molar-refractivity contribution in [2.75, 3.05) is 27.4 Å². The van der Waals surface area contributed by atoms with E-state index in [1.165, 1.54) is 14.2 Å². The molecule has 8 rings (SSSR count). The van der Waals surface area contributed by atoms with Crippen LogP contribution in [0.4, 0.5) is 0 Å². The monoisotopic (exact) mass is 898 g/mol. The van der Waals surface area contributed by atoms with Crippen LogP contribution in [0.2, 0.25) is 51.4 Å². The standard InChI is InChI=1S/2C23H27N5O3Si/c1-30-23(29)18-7-9-24-22(14-18)28-21(8-10-25-28)17-5-6-19-15-27(26-20(19)13-17)16-31-11-12-32(2,3)4;1-30-23(29)18-7-9-24-22(14-18)28-20(8-10-25-28)17-5-6-19-15-26-27(21(19)13-17)16-31-11-12-32(2,3)4/h2*5-10,13-15H,11-12,16H2,1-4H3. The molecule has 0 aliphatic carbocycles. The summed E-state index contributed by atoms with van der Waals surface area (Å²) in [6, 6.07) is 24.8. The van der Waals surface area contributed by atoms with Crippen molar-refractivity contribution in [2.45, 2.75) is 64.8 Å². The number of esters is 2. The number of hydrogen-bond acceptors (Lipinski definition) is 12. The van der Waals surface area contributed by atoms with Crippen LogP contribution >= 0.6 is 0 Å². The Labute approximate surface area is 373 Å². The van der Waals surface area contributed by atoms with Crippen molar-refractivity contribution in [3.8, 4) is 34.2 Å². The Morgan fingerprint density at radius 3 is 1.67 bits per heavy atom. The maximum absolute atomic E-state index is 11.9. The Hall–Kier alpha value is -6.61. The third-order valence-electron chi connectivity index (χ3n) is 10.3. The van der Waals surface area contributed by atoms with Crippen molar-refractivity contribution in [1.82, 2.24) is 49.1 Å². The summed E-state index contributed by atoms with van der Waals surface area (Å²) < 4.78 is 28.5. The molecule has 0 spiro atoms. The van der Waals surface area contributed by atoms with Gasteiger partial charge in [-0.25, -0.2) is 38.3 Å². The average Bonchev–Trinajstić information content (AvgIpc) is 4.12. The minimum atomic E-state index is -1.13. The van der Waals surface area contributed by atoms with E-state index in [9.17, 15) is 9.59 Å². The summed E-state index contributed by atoms with van der Waals surface area (Å²) in [5.41, 5.74) is 6.32. The van der Waals surface area contributed by atoms with E-state index in [1.54, 1.807) is 58.4 Å². The van der Waals surface area contributed by atoms with Gasteiger partial charge in [-0.05, 0) is 60.6 Å². The molecule has 0 aliphatic rings. The lowest BCUT2D eigenvalue weighted by Crippen LogP contribution is -2.22. The van der Waals surface area contributed by atoms with Crippen LogP contribution in [0.25, 0.3) is 56.0 Å². The Morgan fingerprint density at radius 2 is 1.12 bits per heavy atom. The number of carbonyl (C=O) groups is 2. The summed E-state index contributed by atoms with van der Waals surface area (Å²) in [5.74, 6) is 0.244. The van der Waals surface area contributed by atoms with Crippen molar-refractivity contribution < 1.29 is 28.5 Å². The quantitative estimate of drug-likeness (QED) is 0.0515. The molecule has 2 aromatic carbocycles. The fraction of sp³-hybridized carbons (Fsp3) is 0.304. The van der Waals surface area contributed by atoms with E-state index in [4.69, 9.17) is 18.9 Å². The van der Waals surface area contributed by atoms with Gasteiger partial charge in [-0.3, -0.25) is 0 Å². The molecule has 332 valence electrons. The van der Waals surface area contributed by atoms with Gasteiger partial charge in [0.25, 0.3) is 0 Å². The van der Waals surface area contributed by atoms with Gasteiger partial charge in [-0.15, -0.1) is 0 Å². The minimum absolute atomic E-state index is 0.415. The molecule has 6 heterocycles. The molecular weight excluding hydrogens is 845 g/mol. The van der Waals surface area contributed by atoms with Crippen LogP contribution in [-0.2, 0) is 32.4 Å². The highest BCUT2D eigenvalue weighted by atomic mass is 28.3. The van der Waals surface area contributed by atoms with Gasteiger partial charge >= 0.3 is 11.9 Å². The van der Waals surface area contributed by atoms with Crippen LogP contribution < -0.4 is 0 Å². The number of nitrogens with zero attached hydrogens (tertiary/aromatic N) is 10. The van der Waals surface area contributed by atoms with E-state index in [0.717, 1.165) is 69.6 Å². The highest BCUT2D eigenvalue weighted by Crippen LogP contribution is 2.28. The van der Waals surface area contributed by atoms with Gasteiger partial charge in [0.1, 0.15) is 13.5 Å². The first kappa shape index (κ1) is 45.4. The summed E-state index contributed by atoms with van der Waals surface area (Å²) in [6.07, 6.45) is 10.4. The normalized spacial score (nSPS) is 11.8. The molecule has 8 aromatic rings. The average molecular weight is 899 g/mol. The summed E-state index contributed by atoms with van der Waals surface area (Å²) in [4.78, 5) is 32.5. The molecule has 0 amide bonds. The van der Waals surface area contributed by atoms with Crippen LogP contribution in [0.15, 0.2) is 110 Å². The van der Waals surface area contributed by atoms with Gasteiger partial charge in [-0.2, -0.15) is 20.4 Å². The largest absolute Gasteiger partial charge is 0.465 e. The summed E-state index contributed by atoms with van der Waals surface area (Å²) in [5, 5.41) is 20.1. The number of benzene rings is 2. The first-order valence-corrected chi connectivity index (χ1v) is 28.4. The smallest absolute Gasteiger partial charge is 0.338 e. The number of methoxy groups -OCH3 is 2. The molecule has 0 aliphatic heterocycles. The second-order valence-electron chi connectivity index (χ2n) is 17.6. The first-order valence-electron chi connectivity index (χ1n) is 21.0. The fourth-order valence-electron chi connectivity index (χ4n) is 6.66. The van der Waals surface area contributed by atoms with Crippen LogP contribution in [0, 0.1) is 0 Å². The molecule has 0 radical (unpaired) electrons. The second kappa shape index (κ2) is 19.8. The Kier molecular flexibility index (Phi) is 14.1. The number of pyridine rings is 2. The Balaban J connectivity index is 0.000000191. The molecule has 64 heavy (non-hydrogen) atoms. The lowest BCUT2D eigenvalue weighted by atomic mass is 10.1. The predicted molar refractivity (Wildman–Crippen MR) is 251 cm³/mol. The molecule has 0 saturated carbocycles. The maximum atomic E-state index is 11.9. The van der Waals surface area contributed by atoms with E-state index in [2.05, 4.69) is 75.7 Å². The number of ether oxygens (including phenoxy) is 4. The zero-order valence-electron chi connectivity index (χ0n) is 37.6. The lowest BCUT2D eigenvalue weighted by molar-refractivity contribution is 0.0591. The number of rotatable bonds is 16. The van der Waals surface area contributed by atoms with Crippen molar-refractivity contribution in [3.05, 3.63) is 121 Å². The van der Waals surface area contributed by atoms with Gasteiger partial charge in [0.15, 0.2) is 11.6 Å². The summed E-state index contributed by atoms with van der Waals surface area (Å²) >= 11 is 0. The molecule has 18 heteroatoms. The van der Waals surface area contributed by atoms with Gasteiger partial charge in [-0.1, -0.05) is 63.5 Å². The van der Waals surface area contributed by atoms with Gasteiger partial charge in [0, 0.05) is 69.9 Å². The third kappa shape index (κ3) is 11.3. The van der Waals surface area contributed by atoms with Crippen LogP contribution in [0.3, 0.4) is 0 Å². The van der Waals surface area contributed by atoms with E-state index in [0.29, 0.717) is 36.2 Å². The molecule has 0 N–H and O–H groups in total. The van der Waals surface area contributed by atoms with Gasteiger partial charge < -0.3 is 18.9 Å². The highest BCUT2D eigenvalue weighted by Gasteiger charge is 2.17. The molecule has 0 saturated heterocycles. The Morgan fingerprint density at radius 1 is 0.594 bits per heavy atom. The number of hydrogen-bond donors (Lipinski definition) is 0. The summed E-state index contributed by atoms with van der Waals surface area (Å²) in [7, 11) is 0.476. The van der Waals surface area contributed by atoms with Crippen LogP contribution in [0.1, 0.15) is 20.7 Å². The first-order chi connectivity index (χ1) is 30.7. The van der Waals surface area contributed by atoms with Crippen LogP contribution in [0.5, 0.6) is 0 Å². The molecular formula is C46H54N10O6Si2.